The molecule has 0 aromatic heterocycles. The normalized spacial score (nSPS) is 10.7. The zero-order valence-corrected chi connectivity index (χ0v) is 12.7. The van der Waals surface area contributed by atoms with Crippen LogP contribution in [0, 0.1) is 6.92 Å². The SMILES string of the molecule is CCCCCCCCCc1cc(O)c(C)c(OC)c1. The largest absolute Gasteiger partial charge is 0.508 e. The molecule has 2 nitrogen and oxygen atoms in total. The number of methoxy groups -OCH3 is 1. The van der Waals surface area contributed by atoms with Crippen LogP contribution in [-0.4, -0.2) is 12.2 Å². The van der Waals surface area contributed by atoms with Gasteiger partial charge in [-0.25, -0.2) is 0 Å². The number of unbranched alkanes of at least 4 members (excludes halogenated alkanes) is 6. The molecule has 1 aromatic rings. The summed E-state index contributed by atoms with van der Waals surface area (Å²) in [5.41, 5.74) is 2.00. The van der Waals surface area contributed by atoms with Crippen molar-refractivity contribution < 1.29 is 9.84 Å². The van der Waals surface area contributed by atoms with E-state index < -0.39 is 0 Å². The van der Waals surface area contributed by atoms with Crippen LogP contribution in [0.1, 0.15) is 63.0 Å². The number of hydrogen-bond donors (Lipinski definition) is 1. The first-order chi connectivity index (χ1) is 9.19. The third-order valence-corrected chi connectivity index (χ3v) is 3.68. The molecule has 0 unspecified atom stereocenters. The highest BCUT2D eigenvalue weighted by Crippen LogP contribution is 2.29. The summed E-state index contributed by atoms with van der Waals surface area (Å²) in [4.78, 5) is 0. The topological polar surface area (TPSA) is 29.5 Å². The first kappa shape index (κ1) is 15.9. The Hall–Kier alpha value is -1.18. The molecule has 1 N–H and O–H groups in total. The van der Waals surface area contributed by atoms with E-state index in [9.17, 15) is 5.11 Å². The Morgan fingerprint density at radius 2 is 1.63 bits per heavy atom. The van der Waals surface area contributed by atoms with Gasteiger partial charge in [0.25, 0.3) is 0 Å². The van der Waals surface area contributed by atoms with E-state index in [0.717, 1.165) is 17.7 Å². The summed E-state index contributed by atoms with van der Waals surface area (Å²) in [5, 5.41) is 9.83. The standard InChI is InChI=1S/C17H28O2/c1-4-5-6-7-8-9-10-11-15-12-16(18)14(2)17(13-15)19-3/h12-13,18H,4-11H2,1-3H3. The molecule has 2 heteroatoms. The van der Waals surface area contributed by atoms with Gasteiger partial charge >= 0.3 is 0 Å². The summed E-state index contributed by atoms with van der Waals surface area (Å²) in [6, 6.07) is 3.92. The lowest BCUT2D eigenvalue weighted by molar-refractivity contribution is 0.402. The Morgan fingerprint density at radius 3 is 2.26 bits per heavy atom. The second-order valence-corrected chi connectivity index (χ2v) is 5.31. The summed E-state index contributed by atoms with van der Waals surface area (Å²) in [6.07, 6.45) is 10.2. The van der Waals surface area contributed by atoms with Crippen molar-refractivity contribution >= 4 is 0 Å². The van der Waals surface area contributed by atoms with Gasteiger partial charge in [-0.3, -0.25) is 0 Å². The Labute approximate surface area is 117 Å². The van der Waals surface area contributed by atoms with Crippen molar-refractivity contribution in [2.24, 2.45) is 0 Å². The molecule has 0 aliphatic heterocycles. The van der Waals surface area contributed by atoms with E-state index in [-0.39, 0.29) is 0 Å². The summed E-state index contributed by atoms with van der Waals surface area (Å²) in [7, 11) is 1.65. The van der Waals surface area contributed by atoms with Crippen molar-refractivity contribution in [2.75, 3.05) is 7.11 Å². The van der Waals surface area contributed by atoms with Crippen molar-refractivity contribution in [3.8, 4) is 11.5 Å². The minimum absolute atomic E-state index is 0.345. The Morgan fingerprint density at radius 1 is 1.00 bits per heavy atom. The van der Waals surface area contributed by atoms with Gasteiger partial charge in [-0.2, -0.15) is 0 Å². The smallest absolute Gasteiger partial charge is 0.125 e. The summed E-state index contributed by atoms with van der Waals surface area (Å²) in [6.45, 7) is 4.13. The summed E-state index contributed by atoms with van der Waals surface area (Å²) in [5.74, 6) is 1.13. The fourth-order valence-corrected chi connectivity index (χ4v) is 2.37. The maximum atomic E-state index is 9.83. The van der Waals surface area contributed by atoms with Crippen LogP contribution in [0.5, 0.6) is 11.5 Å². The van der Waals surface area contributed by atoms with Crippen LogP contribution in [0.25, 0.3) is 0 Å². The maximum Gasteiger partial charge on any atom is 0.125 e. The van der Waals surface area contributed by atoms with Gasteiger partial charge in [0, 0.05) is 5.56 Å². The molecule has 0 fully saturated rings. The van der Waals surface area contributed by atoms with E-state index in [1.807, 2.05) is 19.1 Å². The molecular formula is C17H28O2. The van der Waals surface area contributed by atoms with Gasteiger partial charge < -0.3 is 9.84 Å². The third kappa shape index (κ3) is 5.54. The molecule has 0 aliphatic rings. The summed E-state index contributed by atoms with van der Waals surface area (Å²) < 4.78 is 5.28. The van der Waals surface area contributed by atoms with Crippen molar-refractivity contribution in [1.82, 2.24) is 0 Å². The molecule has 0 saturated carbocycles. The van der Waals surface area contributed by atoms with Crippen molar-refractivity contribution in [3.05, 3.63) is 23.3 Å². The highest BCUT2D eigenvalue weighted by atomic mass is 16.5. The number of benzene rings is 1. The van der Waals surface area contributed by atoms with E-state index in [1.54, 1.807) is 7.11 Å². The second kappa shape index (κ2) is 8.84. The molecule has 108 valence electrons. The minimum Gasteiger partial charge on any atom is -0.508 e. The number of phenolic OH excluding ortho intramolecular Hbond substituents is 1. The lowest BCUT2D eigenvalue weighted by atomic mass is 10.0. The van der Waals surface area contributed by atoms with E-state index >= 15 is 0 Å². The zero-order valence-electron chi connectivity index (χ0n) is 12.7. The van der Waals surface area contributed by atoms with Crippen LogP contribution in [0.3, 0.4) is 0 Å². The molecule has 0 heterocycles. The Bertz CT molecular complexity index is 372. The number of phenols is 1. The average molecular weight is 264 g/mol. The Balaban J connectivity index is 2.31. The molecular weight excluding hydrogens is 236 g/mol. The lowest BCUT2D eigenvalue weighted by Gasteiger charge is -2.10. The number of ether oxygens (including phenoxy) is 1. The number of aromatic hydroxyl groups is 1. The number of hydrogen-bond acceptors (Lipinski definition) is 2. The van der Waals surface area contributed by atoms with Crippen LogP contribution in [0.15, 0.2) is 12.1 Å². The highest BCUT2D eigenvalue weighted by molar-refractivity contribution is 5.46. The highest BCUT2D eigenvalue weighted by Gasteiger charge is 2.06. The maximum absolute atomic E-state index is 9.83. The van der Waals surface area contributed by atoms with Crippen LogP contribution < -0.4 is 4.74 Å². The molecule has 0 saturated heterocycles. The summed E-state index contributed by atoms with van der Waals surface area (Å²) >= 11 is 0. The molecule has 0 amide bonds. The molecule has 0 atom stereocenters. The van der Waals surface area contributed by atoms with Crippen LogP contribution in [0.4, 0.5) is 0 Å². The van der Waals surface area contributed by atoms with Crippen molar-refractivity contribution in [2.45, 2.75) is 65.2 Å². The van der Waals surface area contributed by atoms with E-state index in [4.69, 9.17) is 4.74 Å². The third-order valence-electron chi connectivity index (χ3n) is 3.68. The molecule has 1 aromatic carbocycles. The number of aryl methyl sites for hydroxylation is 1. The molecule has 1 rings (SSSR count). The van der Waals surface area contributed by atoms with Gasteiger partial charge in [0.2, 0.25) is 0 Å². The first-order valence-electron chi connectivity index (χ1n) is 7.55. The van der Waals surface area contributed by atoms with Gasteiger partial charge in [-0.05, 0) is 37.5 Å². The minimum atomic E-state index is 0.345. The molecule has 0 spiro atoms. The predicted molar refractivity (Wildman–Crippen MR) is 81.1 cm³/mol. The van der Waals surface area contributed by atoms with Crippen LogP contribution >= 0.6 is 0 Å². The molecule has 19 heavy (non-hydrogen) atoms. The van der Waals surface area contributed by atoms with Gasteiger partial charge in [-0.15, -0.1) is 0 Å². The first-order valence-corrected chi connectivity index (χ1v) is 7.55. The molecule has 0 aliphatic carbocycles. The molecule has 0 radical (unpaired) electrons. The quantitative estimate of drug-likeness (QED) is 0.636. The number of rotatable bonds is 9. The van der Waals surface area contributed by atoms with Crippen molar-refractivity contribution in [1.29, 1.82) is 0 Å². The van der Waals surface area contributed by atoms with Gasteiger partial charge in [0.05, 0.1) is 7.11 Å². The lowest BCUT2D eigenvalue weighted by Crippen LogP contribution is -1.92. The second-order valence-electron chi connectivity index (χ2n) is 5.31. The molecule has 0 bridgehead atoms. The van der Waals surface area contributed by atoms with Crippen LogP contribution in [-0.2, 0) is 6.42 Å². The monoisotopic (exact) mass is 264 g/mol. The van der Waals surface area contributed by atoms with Gasteiger partial charge in [0.15, 0.2) is 0 Å². The van der Waals surface area contributed by atoms with E-state index in [2.05, 4.69) is 6.92 Å². The van der Waals surface area contributed by atoms with Gasteiger partial charge in [-0.1, -0.05) is 45.4 Å². The van der Waals surface area contributed by atoms with Crippen LogP contribution in [0.2, 0.25) is 0 Å². The van der Waals surface area contributed by atoms with Crippen molar-refractivity contribution in [3.63, 3.8) is 0 Å². The Kier molecular flexibility index (Phi) is 7.39. The fourth-order valence-electron chi connectivity index (χ4n) is 2.37. The fraction of sp³-hybridized carbons (Fsp3) is 0.647. The predicted octanol–water partition coefficient (Wildman–Crippen LogP) is 5.00. The van der Waals surface area contributed by atoms with Gasteiger partial charge in [0.1, 0.15) is 11.5 Å². The van der Waals surface area contributed by atoms with E-state index in [0.29, 0.717) is 5.75 Å². The van der Waals surface area contributed by atoms with E-state index in [1.165, 1.54) is 50.5 Å². The average Bonchev–Trinajstić information content (AvgIpc) is 2.41. The zero-order chi connectivity index (χ0) is 14.1.